The lowest BCUT2D eigenvalue weighted by atomic mass is 9.89. The summed E-state index contributed by atoms with van der Waals surface area (Å²) in [7, 11) is 0. The van der Waals surface area contributed by atoms with Crippen LogP contribution in [0.5, 0.6) is 0 Å². The first-order valence-electron chi connectivity index (χ1n) is 8.80. The zero-order valence-corrected chi connectivity index (χ0v) is 13.2. The quantitative estimate of drug-likeness (QED) is 0.797. The van der Waals surface area contributed by atoms with Crippen molar-refractivity contribution in [2.24, 2.45) is 0 Å². The molecule has 0 unspecified atom stereocenters. The van der Waals surface area contributed by atoms with Crippen LogP contribution in [0, 0.1) is 0 Å². The monoisotopic (exact) mass is 307 g/mol. The van der Waals surface area contributed by atoms with Crippen LogP contribution in [-0.4, -0.2) is 25.6 Å². The molecule has 2 aliphatic rings. The molecule has 2 heterocycles. The van der Waals surface area contributed by atoms with Gasteiger partial charge in [0.15, 0.2) is 5.65 Å². The highest BCUT2D eigenvalue weighted by atomic mass is 15.3. The van der Waals surface area contributed by atoms with Crippen LogP contribution in [0.25, 0.3) is 16.6 Å². The standard InChI is InChI=1S/C18H21N5/c1-2-6-12(7-3-1)16-21-22-17-14-8-4-5-9-15(14)20-18(23(16)17)19-13-10-11-13/h4-5,8-9,12-13H,1-3,6-7,10-11H2,(H,19,20). The molecule has 5 nitrogen and oxygen atoms in total. The molecule has 0 saturated heterocycles. The van der Waals surface area contributed by atoms with Gasteiger partial charge in [0.1, 0.15) is 5.82 Å². The highest BCUT2D eigenvalue weighted by Gasteiger charge is 2.27. The molecule has 2 saturated carbocycles. The van der Waals surface area contributed by atoms with Gasteiger partial charge < -0.3 is 5.32 Å². The minimum atomic E-state index is 0.515. The number of rotatable bonds is 3. The molecular weight excluding hydrogens is 286 g/mol. The Morgan fingerprint density at radius 3 is 2.61 bits per heavy atom. The Labute approximate surface area is 135 Å². The van der Waals surface area contributed by atoms with E-state index in [0.717, 1.165) is 28.3 Å². The Hall–Kier alpha value is -2.17. The second kappa shape index (κ2) is 5.18. The third-order valence-electron chi connectivity index (χ3n) is 5.15. The number of aromatic nitrogens is 4. The van der Waals surface area contributed by atoms with Crippen molar-refractivity contribution in [3.8, 4) is 0 Å². The van der Waals surface area contributed by atoms with Gasteiger partial charge in [-0.1, -0.05) is 31.4 Å². The normalized spacial score (nSPS) is 19.5. The molecule has 5 rings (SSSR count). The predicted octanol–water partition coefficient (Wildman–Crippen LogP) is 3.90. The predicted molar refractivity (Wildman–Crippen MR) is 90.8 cm³/mol. The highest BCUT2D eigenvalue weighted by molar-refractivity contribution is 5.92. The van der Waals surface area contributed by atoms with E-state index < -0.39 is 0 Å². The van der Waals surface area contributed by atoms with E-state index in [2.05, 4.69) is 32.0 Å². The summed E-state index contributed by atoms with van der Waals surface area (Å²) in [5.41, 5.74) is 1.94. The first-order valence-corrected chi connectivity index (χ1v) is 8.80. The van der Waals surface area contributed by atoms with Gasteiger partial charge in [0.05, 0.1) is 5.52 Å². The molecule has 1 aromatic carbocycles. The van der Waals surface area contributed by atoms with Crippen LogP contribution in [0.2, 0.25) is 0 Å². The van der Waals surface area contributed by atoms with Crippen molar-refractivity contribution in [1.29, 1.82) is 0 Å². The number of benzene rings is 1. The van der Waals surface area contributed by atoms with Crippen molar-refractivity contribution >= 4 is 22.5 Å². The Bertz CT molecular complexity index is 858. The van der Waals surface area contributed by atoms with Gasteiger partial charge in [-0.3, -0.25) is 0 Å². The van der Waals surface area contributed by atoms with Gasteiger partial charge in [0, 0.05) is 17.3 Å². The lowest BCUT2D eigenvalue weighted by molar-refractivity contribution is 0.426. The molecular formula is C18H21N5. The van der Waals surface area contributed by atoms with Crippen LogP contribution < -0.4 is 5.32 Å². The largest absolute Gasteiger partial charge is 0.353 e. The van der Waals surface area contributed by atoms with Crippen molar-refractivity contribution in [2.45, 2.75) is 56.9 Å². The van der Waals surface area contributed by atoms with E-state index in [1.807, 2.05) is 12.1 Å². The van der Waals surface area contributed by atoms with Crippen LogP contribution in [0.3, 0.4) is 0 Å². The van der Waals surface area contributed by atoms with Crippen molar-refractivity contribution in [2.75, 3.05) is 5.32 Å². The second-order valence-electron chi connectivity index (χ2n) is 6.92. The van der Waals surface area contributed by atoms with Gasteiger partial charge in [-0.15, -0.1) is 10.2 Å². The molecule has 2 aromatic heterocycles. The molecule has 0 bridgehead atoms. The summed E-state index contributed by atoms with van der Waals surface area (Å²) in [6.07, 6.45) is 8.85. The van der Waals surface area contributed by atoms with Crippen molar-refractivity contribution in [1.82, 2.24) is 19.6 Å². The second-order valence-corrected chi connectivity index (χ2v) is 6.92. The number of hydrogen-bond acceptors (Lipinski definition) is 4. The maximum absolute atomic E-state index is 4.88. The average Bonchev–Trinajstić information content (AvgIpc) is 3.30. The minimum absolute atomic E-state index is 0.515. The van der Waals surface area contributed by atoms with E-state index in [-0.39, 0.29) is 0 Å². The van der Waals surface area contributed by atoms with E-state index in [4.69, 9.17) is 4.98 Å². The van der Waals surface area contributed by atoms with Gasteiger partial charge in [-0.05, 0) is 37.8 Å². The van der Waals surface area contributed by atoms with Gasteiger partial charge in [-0.2, -0.15) is 0 Å². The molecule has 0 aliphatic heterocycles. The first-order chi connectivity index (χ1) is 11.4. The van der Waals surface area contributed by atoms with Crippen LogP contribution in [-0.2, 0) is 0 Å². The number of nitrogens with one attached hydrogen (secondary N) is 1. The molecule has 5 heteroatoms. The molecule has 0 spiro atoms. The Kier molecular flexibility index (Phi) is 2.99. The smallest absolute Gasteiger partial charge is 0.211 e. The van der Waals surface area contributed by atoms with Gasteiger partial charge in [-0.25, -0.2) is 9.38 Å². The van der Waals surface area contributed by atoms with Crippen LogP contribution in [0.4, 0.5) is 5.95 Å². The topological polar surface area (TPSA) is 55.1 Å². The number of nitrogens with zero attached hydrogens (tertiary/aromatic N) is 4. The maximum atomic E-state index is 4.88. The summed E-state index contributed by atoms with van der Waals surface area (Å²) in [5.74, 6) is 2.54. The SMILES string of the molecule is c1ccc2c(c1)nc(NC1CC1)n1c(C3CCCCC3)nnc21. The molecule has 2 fully saturated rings. The molecule has 0 radical (unpaired) electrons. The maximum Gasteiger partial charge on any atom is 0.211 e. The van der Waals surface area contributed by atoms with Crippen LogP contribution in [0.15, 0.2) is 24.3 Å². The van der Waals surface area contributed by atoms with Gasteiger partial charge in [0.25, 0.3) is 0 Å². The first kappa shape index (κ1) is 13.3. The third-order valence-corrected chi connectivity index (χ3v) is 5.15. The van der Waals surface area contributed by atoms with Gasteiger partial charge >= 0.3 is 0 Å². The Morgan fingerprint density at radius 1 is 0.957 bits per heavy atom. The lowest BCUT2D eigenvalue weighted by Gasteiger charge is -2.21. The lowest BCUT2D eigenvalue weighted by Crippen LogP contribution is -2.14. The number of anilines is 1. The molecule has 0 amide bonds. The molecule has 1 N–H and O–H groups in total. The summed E-state index contributed by atoms with van der Waals surface area (Å²) >= 11 is 0. The van der Waals surface area contributed by atoms with Crippen LogP contribution >= 0.6 is 0 Å². The zero-order chi connectivity index (χ0) is 15.2. The zero-order valence-electron chi connectivity index (χ0n) is 13.2. The molecule has 118 valence electrons. The Balaban J connectivity index is 1.73. The van der Waals surface area contributed by atoms with E-state index in [1.54, 1.807) is 0 Å². The van der Waals surface area contributed by atoms with E-state index >= 15 is 0 Å². The summed E-state index contributed by atoms with van der Waals surface area (Å²) in [5, 5.41) is 13.8. The van der Waals surface area contributed by atoms with Crippen LogP contribution in [0.1, 0.15) is 56.7 Å². The average molecular weight is 307 g/mol. The molecule has 2 aliphatic carbocycles. The van der Waals surface area contributed by atoms with Crippen molar-refractivity contribution in [3.05, 3.63) is 30.1 Å². The molecule has 23 heavy (non-hydrogen) atoms. The number of para-hydroxylation sites is 1. The van der Waals surface area contributed by atoms with Gasteiger partial charge in [0.2, 0.25) is 5.95 Å². The summed E-state index contributed by atoms with van der Waals surface area (Å²) < 4.78 is 2.19. The summed E-state index contributed by atoms with van der Waals surface area (Å²) in [6, 6.07) is 8.80. The minimum Gasteiger partial charge on any atom is -0.353 e. The highest BCUT2D eigenvalue weighted by Crippen LogP contribution is 2.34. The van der Waals surface area contributed by atoms with E-state index in [9.17, 15) is 0 Å². The van der Waals surface area contributed by atoms with E-state index in [0.29, 0.717) is 12.0 Å². The van der Waals surface area contributed by atoms with E-state index in [1.165, 1.54) is 44.9 Å². The van der Waals surface area contributed by atoms with Crippen molar-refractivity contribution < 1.29 is 0 Å². The third kappa shape index (κ3) is 2.26. The fourth-order valence-electron chi connectivity index (χ4n) is 3.74. The molecule has 3 aromatic rings. The fraction of sp³-hybridized carbons (Fsp3) is 0.500. The number of fused-ring (bicyclic) bond motifs is 3. The Morgan fingerprint density at radius 2 is 1.78 bits per heavy atom. The molecule has 0 atom stereocenters. The summed E-state index contributed by atoms with van der Waals surface area (Å²) in [4.78, 5) is 4.88. The summed E-state index contributed by atoms with van der Waals surface area (Å²) in [6.45, 7) is 0. The fourth-order valence-corrected chi connectivity index (χ4v) is 3.74. The van der Waals surface area contributed by atoms with Crippen molar-refractivity contribution in [3.63, 3.8) is 0 Å². The number of hydrogen-bond donors (Lipinski definition) is 1.